The first-order valence-electron chi connectivity index (χ1n) is 6.27. The first-order chi connectivity index (χ1) is 9.63. The summed E-state index contributed by atoms with van der Waals surface area (Å²) in [4.78, 5) is 23.4. The first kappa shape index (κ1) is 12.4. The fourth-order valence-electron chi connectivity index (χ4n) is 2.31. The summed E-state index contributed by atoms with van der Waals surface area (Å²) in [5, 5.41) is 17.8. The Balaban J connectivity index is 1.84. The molecule has 1 aliphatic carbocycles. The van der Waals surface area contributed by atoms with Crippen molar-refractivity contribution in [3.63, 3.8) is 0 Å². The molecule has 0 atom stereocenters. The van der Waals surface area contributed by atoms with Crippen LogP contribution in [0.15, 0.2) is 36.5 Å². The van der Waals surface area contributed by atoms with E-state index in [4.69, 9.17) is 5.11 Å². The lowest BCUT2D eigenvalue weighted by Crippen LogP contribution is -2.28. The van der Waals surface area contributed by atoms with Crippen LogP contribution in [0.3, 0.4) is 0 Å². The van der Waals surface area contributed by atoms with Crippen LogP contribution in [0.2, 0.25) is 0 Å². The van der Waals surface area contributed by atoms with Crippen molar-refractivity contribution in [2.45, 2.75) is 18.3 Å². The van der Waals surface area contributed by atoms with Crippen LogP contribution in [0.4, 0.5) is 5.82 Å². The summed E-state index contributed by atoms with van der Waals surface area (Å²) in [6.45, 7) is 0. The van der Waals surface area contributed by atoms with Crippen LogP contribution >= 0.6 is 0 Å². The van der Waals surface area contributed by atoms with Gasteiger partial charge in [-0.25, -0.2) is 4.79 Å². The molecule has 0 aliphatic heterocycles. The summed E-state index contributed by atoms with van der Waals surface area (Å²) in [5.74, 6) is -1.20. The van der Waals surface area contributed by atoms with Crippen molar-refractivity contribution in [3.8, 4) is 0 Å². The van der Waals surface area contributed by atoms with E-state index in [2.05, 4.69) is 15.5 Å². The quantitative estimate of drug-likeness (QED) is 0.789. The molecule has 6 nitrogen and oxygen atoms in total. The lowest BCUT2D eigenvalue weighted by molar-refractivity contribution is -0.118. The number of carbonyl (C=O) groups excluding carboxylic acids is 1. The van der Waals surface area contributed by atoms with Gasteiger partial charge in [0.25, 0.3) is 0 Å². The molecule has 2 aromatic rings. The Morgan fingerprint density at radius 1 is 1.25 bits per heavy atom. The van der Waals surface area contributed by atoms with Gasteiger partial charge in [0, 0.05) is 0 Å². The SMILES string of the molecule is O=C(O)c1cn[nH]c1NC(=O)C1(c2ccccc2)CC1. The second-order valence-electron chi connectivity index (χ2n) is 4.87. The molecule has 102 valence electrons. The van der Waals surface area contributed by atoms with E-state index in [0.717, 1.165) is 18.4 Å². The lowest BCUT2D eigenvalue weighted by atomic mass is 9.95. The molecule has 1 saturated carbocycles. The van der Waals surface area contributed by atoms with E-state index in [1.807, 2.05) is 30.3 Å². The zero-order chi connectivity index (χ0) is 14.2. The van der Waals surface area contributed by atoms with Gasteiger partial charge in [0.05, 0.1) is 11.6 Å². The summed E-state index contributed by atoms with van der Waals surface area (Å²) in [5.41, 5.74) is 0.374. The van der Waals surface area contributed by atoms with Gasteiger partial charge in [0.15, 0.2) is 0 Å². The number of amides is 1. The standard InChI is InChI=1S/C14H13N3O3/c18-12(19)10-8-15-17-11(10)16-13(20)14(6-7-14)9-4-2-1-3-5-9/h1-5,8H,6-7H2,(H,18,19)(H2,15,16,17,20). The van der Waals surface area contributed by atoms with Gasteiger partial charge in [-0.1, -0.05) is 30.3 Å². The van der Waals surface area contributed by atoms with Crippen molar-refractivity contribution in [2.24, 2.45) is 0 Å². The van der Waals surface area contributed by atoms with Crippen molar-refractivity contribution in [1.82, 2.24) is 10.2 Å². The Morgan fingerprint density at radius 3 is 2.55 bits per heavy atom. The fourth-order valence-corrected chi connectivity index (χ4v) is 2.31. The van der Waals surface area contributed by atoms with Crippen LogP contribution in [-0.2, 0) is 10.2 Å². The number of benzene rings is 1. The third-order valence-corrected chi connectivity index (χ3v) is 3.62. The van der Waals surface area contributed by atoms with Gasteiger partial charge >= 0.3 is 5.97 Å². The lowest BCUT2D eigenvalue weighted by Gasteiger charge is -2.15. The predicted molar refractivity (Wildman–Crippen MR) is 71.5 cm³/mol. The zero-order valence-electron chi connectivity index (χ0n) is 10.6. The normalized spacial score (nSPS) is 15.6. The van der Waals surface area contributed by atoms with Gasteiger partial charge in [-0.2, -0.15) is 5.10 Å². The Morgan fingerprint density at radius 2 is 1.95 bits per heavy atom. The molecule has 1 aromatic heterocycles. The number of rotatable bonds is 4. The molecule has 0 saturated heterocycles. The Bertz CT molecular complexity index is 659. The average Bonchev–Trinajstić information content (AvgIpc) is 3.14. The van der Waals surface area contributed by atoms with E-state index in [9.17, 15) is 9.59 Å². The highest BCUT2D eigenvalue weighted by Crippen LogP contribution is 2.48. The molecule has 1 fully saturated rings. The Labute approximate surface area is 114 Å². The van der Waals surface area contributed by atoms with E-state index < -0.39 is 11.4 Å². The molecule has 20 heavy (non-hydrogen) atoms. The van der Waals surface area contributed by atoms with Crippen molar-refractivity contribution in [2.75, 3.05) is 5.32 Å². The van der Waals surface area contributed by atoms with E-state index in [1.165, 1.54) is 6.20 Å². The topological polar surface area (TPSA) is 95.1 Å². The minimum atomic E-state index is -1.13. The van der Waals surface area contributed by atoms with Crippen LogP contribution in [0.25, 0.3) is 0 Å². The number of anilines is 1. The zero-order valence-corrected chi connectivity index (χ0v) is 10.6. The molecule has 1 aliphatic rings. The van der Waals surface area contributed by atoms with Gasteiger partial charge in [-0.3, -0.25) is 9.89 Å². The molecule has 1 amide bonds. The maximum Gasteiger partial charge on any atom is 0.341 e. The number of aromatic amines is 1. The number of carbonyl (C=O) groups is 2. The van der Waals surface area contributed by atoms with Gasteiger partial charge < -0.3 is 10.4 Å². The van der Waals surface area contributed by atoms with E-state index in [-0.39, 0.29) is 17.3 Å². The largest absolute Gasteiger partial charge is 0.477 e. The van der Waals surface area contributed by atoms with Gasteiger partial charge in [0.2, 0.25) is 5.91 Å². The number of aromatic carboxylic acids is 1. The number of hydrogen-bond acceptors (Lipinski definition) is 3. The highest BCUT2D eigenvalue weighted by atomic mass is 16.4. The Hall–Kier alpha value is -2.63. The van der Waals surface area contributed by atoms with E-state index in [1.54, 1.807) is 0 Å². The van der Waals surface area contributed by atoms with Crippen molar-refractivity contribution < 1.29 is 14.7 Å². The highest BCUT2D eigenvalue weighted by Gasteiger charge is 2.51. The van der Waals surface area contributed by atoms with Crippen LogP contribution in [0.1, 0.15) is 28.8 Å². The fraction of sp³-hybridized carbons (Fsp3) is 0.214. The second-order valence-corrected chi connectivity index (χ2v) is 4.87. The van der Waals surface area contributed by atoms with Crippen LogP contribution in [-0.4, -0.2) is 27.2 Å². The first-order valence-corrected chi connectivity index (χ1v) is 6.27. The van der Waals surface area contributed by atoms with Crippen molar-refractivity contribution in [1.29, 1.82) is 0 Å². The van der Waals surface area contributed by atoms with E-state index >= 15 is 0 Å². The maximum atomic E-state index is 12.4. The number of hydrogen-bond donors (Lipinski definition) is 3. The number of carboxylic acids is 1. The van der Waals surface area contributed by atoms with Crippen molar-refractivity contribution >= 4 is 17.7 Å². The number of H-pyrrole nitrogens is 1. The number of nitrogens with zero attached hydrogens (tertiary/aromatic N) is 1. The molecule has 0 radical (unpaired) electrons. The molecule has 1 aromatic carbocycles. The van der Waals surface area contributed by atoms with Crippen LogP contribution < -0.4 is 5.32 Å². The van der Waals surface area contributed by atoms with E-state index in [0.29, 0.717) is 0 Å². The third kappa shape index (κ3) is 1.95. The molecular weight excluding hydrogens is 258 g/mol. The Kier molecular flexibility index (Phi) is 2.78. The molecule has 3 N–H and O–H groups in total. The van der Waals surface area contributed by atoms with Crippen LogP contribution in [0.5, 0.6) is 0 Å². The monoisotopic (exact) mass is 271 g/mol. The molecule has 0 bridgehead atoms. The highest BCUT2D eigenvalue weighted by molar-refractivity contribution is 6.04. The summed E-state index contributed by atoms with van der Waals surface area (Å²) in [6.07, 6.45) is 2.71. The minimum absolute atomic E-state index is 0.0396. The summed E-state index contributed by atoms with van der Waals surface area (Å²) >= 11 is 0. The molecule has 0 spiro atoms. The number of nitrogens with one attached hydrogen (secondary N) is 2. The smallest absolute Gasteiger partial charge is 0.341 e. The second kappa shape index (κ2) is 4.48. The number of aromatic nitrogens is 2. The summed E-state index contributed by atoms with van der Waals surface area (Å²) in [6, 6.07) is 9.51. The average molecular weight is 271 g/mol. The van der Waals surface area contributed by atoms with Crippen molar-refractivity contribution in [3.05, 3.63) is 47.7 Å². The van der Waals surface area contributed by atoms with Gasteiger partial charge in [-0.05, 0) is 18.4 Å². The molecule has 3 rings (SSSR count). The maximum absolute atomic E-state index is 12.4. The molecule has 1 heterocycles. The van der Waals surface area contributed by atoms with Gasteiger partial charge in [0.1, 0.15) is 11.4 Å². The summed E-state index contributed by atoms with van der Waals surface area (Å²) in [7, 11) is 0. The molecular formula is C14H13N3O3. The number of carboxylic acid groups (broad SMARTS) is 1. The third-order valence-electron chi connectivity index (χ3n) is 3.62. The summed E-state index contributed by atoms with van der Waals surface area (Å²) < 4.78 is 0. The van der Waals surface area contributed by atoms with Gasteiger partial charge in [-0.15, -0.1) is 0 Å². The minimum Gasteiger partial charge on any atom is -0.477 e. The molecule has 6 heteroatoms. The predicted octanol–water partition coefficient (Wildman–Crippen LogP) is 1.78. The van der Waals surface area contributed by atoms with Crippen LogP contribution in [0, 0.1) is 0 Å². The molecule has 0 unspecified atom stereocenters.